The average Bonchev–Trinajstić information content (AvgIpc) is 2.52. The highest BCUT2D eigenvalue weighted by Crippen LogP contribution is 2.21. The molecule has 21 heavy (non-hydrogen) atoms. The molecule has 1 aromatic carbocycles. The average molecular weight is 286 g/mol. The van der Waals surface area contributed by atoms with E-state index in [0.717, 1.165) is 49.9 Å². The van der Waals surface area contributed by atoms with Crippen molar-refractivity contribution in [3.63, 3.8) is 0 Å². The summed E-state index contributed by atoms with van der Waals surface area (Å²) in [6.45, 7) is 5.62. The Morgan fingerprint density at radius 1 is 1.33 bits per heavy atom. The van der Waals surface area contributed by atoms with Gasteiger partial charge in [0.1, 0.15) is 5.82 Å². The first-order valence-electron chi connectivity index (χ1n) is 7.73. The molecule has 1 saturated heterocycles. The molecule has 0 unspecified atom stereocenters. The van der Waals surface area contributed by atoms with Gasteiger partial charge in [0.2, 0.25) is 0 Å². The smallest absolute Gasteiger partial charge is 0.350 e. The van der Waals surface area contributed by atoms with E-state index in [1.807, 2.05) is 35.8 Å². The number of benzene rings is 1. The quantitative estimate of drug-likeness (QED) is 0.900. The molecule has 0 aliphatic carbocycles. The van der Waals surface area contributed by atoms with Gasteiger partial charge in [-0.2, -0.15) is 4.98 Å². The van der Waals surface area contributed by atoms with Crippen molar-refractivity contribution < 1.29 is 0 Å². The maximum Gasteiger partial charge on any atom is 0.350 e. The molecule has 3 rings (SSSR count). The molecule has 0 saturated carbocycles. The highest BCUT2D eigenvalue weighted by molar-refractivity contribution is 5.89. The van der Waals surface area contributed by atoms with Gasteiger partial charge in [-0.25, -0.2) is 4.79 Å². The second-order valence-corrected chi connectivity index (χ2v) is 5.59. The fourth-order valence-corrected chi connectivity index (χ4v) is 3.03. The van der Waals surface area contributed by atoms with E-state index in [-0.39, 0.29) is 5.69 Å². The second-order valence-electron chi connectivity index (χ2n) is 5.59. The molecule has 5 heteroatoms. The Kier molecular flexibility index (Phi) is 4.20. The van der Waals surface area contributed by atoms with Crippen molar-refractivity contribution in [2.45, 2.75) is 26.3 Å². The first kappa shape index (κ1) is 14.1. The third-order valence-corrected chi connectivity index (χ3v) is 4.13. The zero-order valence-corrected chi connectivity index (χ0v) is 12.4. The molecule has 0 amide bonds. The van der Waals surface area contributed by atoms with Crippen LogP contribution in [0.1, 0.15) is 19.8 Å². The predicted molar refractivity (Wildman–Crippen MR) is 85.8 cm³/mol. The maximum atomic E-state index is 12.4. The van der Waals surface area contributed by atoms with Gasteiger partial charge >= 0.3 is 5.69 Å². The lowest BCUT2D eigenvalue weighted by atomic mass is 9.98. The van der Waals surface area contributed by atoms with Gasteiger partial charge in [0, 0.05) is 18.5 Å². The SMILES string of the molecule is CCNc1nc(=O)n(CC2CCNCC2)c2ccccc12. The number of rotatable bonds is 4. The van der Waals surface area contributed by atoms with E-state index < -0.39 is 0 Å². The zero-order chi connectivity index (χ0) is 14.7. The van der Waals surface area contributed by atoms with Gasteiger partial charge < -0.3 is 10.6 Å². The van der Waals surface area contributed by atoms with E-state index in [9.17, 15) is 4.79 Å². The number of para-hydroxylation sites is 1. The highest BCUT2D eigenvalue weighted by Gasteiger charge is 2.17. The summed E-state index contributed by atoms with van der Waals surface area (Å²) >= 11 is 0. The lowest BCUT2D eigenvalue weighted by Crippen LogP contribution is -2.33. The van der Waals surface area contributed by atoms with Crippen LogP contribution in [0.15, 0.2) is 29.1 Å². The van der Waals surface area contributed by atoms with Crippen LogP contribution in [-0.2, 0) is 6.54 Å². The minimum absolute atomic E-state index is 0.150. The predicted octanol–water partition coefficient (Wildman–Crippen LogP) is 1.83. The molecule has 2 heterocycles. The number of hydrogen-bond acceptors (Lipinski definition) is 4. The van der Waals surface area contributed by atoms with Crippen LogP contribution < -0.4 is 16.3 Å². The molecule has 1 aliphatic heterocycles. The fourth-order valence-electron chi connectivity index (χ4n) is 3.03. The van der Waals surface area contributed by atoms with Crippen LogP contribution in [0.25, 0.3) is 10.9 Å². The largest absolute Gasteiger partial charge is 0.370 e. The summed E-state index contributed by atoms with van der Waals surface area (Å²) in [6.07, 6.45) is 2.24. The van der Waals surface area contributed by atoms with Crippen LogP contribution >= 0.6 is 0 Å². The summed E-state index contributed by atoms with van der Waals surface area (Å²) < 4.78 is 1.84. The molecular formula is C16H22N4O. The van der Waals surface area contributed by atoms with Gasteiger partial charge in [-0.05, 0) is 50.9 Å². The number of aromatic nitrogens is 2. The summed E-state index contributed by atoms with van der Waals surface area (Å²) in [5.74, 6) is 1.25. The topological polar surface area (TPSA) is 59.0 Å². The molecule has 1 aliphatic rings. The Labute approximate surface area is 124 Å². The molecule has 0 atom stereocenters. The molecule has 0 bridgehead atoms. The number of hydrogen-bond donors (Lipinski definition) is 2. The highest BCUT2D eigenvalue weighted by atomic mass is 16.1. The molecule has 1 fully saturated rings. The monoisotopic (exact) mass is 286 g/mol. The number of nitrogens with zero attached hydrogens (tertiary/aromatic N) is 2. The van der Waals surface area contributed by atoms with Crippen molar-refractivity contribution in [3.05, 3.63) is 34.7 Å². The van der Waals surface area contributed by atoms with Crippen LogP contribution in [0.5, 0.6) is 0 Å². The third-order valence-electron chi connectivity index (χ3n) is 4.13. The molecule has 0 spiro atoms. The summed E-state index contributed by atoms with van der Waals surface area (Å²) in [7, 11) is 0. The standard InChI is InChI=1S/C16H22N4O/c1-2-18-15-13-5-3-4-6-14(13)20(16(21)19-15)11-12-7-9-17-10-8-12/h3-6,12,17H,2,7-11H2,1H3,(H,18,19,21). The van der Waals surface area contributed by atoms with Crippen LogP contribution in [0, 0.1) is 5.92 Å². The van der Waals surface area contributed by atoms with Crippen LogP contribution in [0.3, 0.4) is 0 Å². The lowest BCUT2D eigenvalue weighted by molar-refractivity contribution is 0.332. The van der Waals surface area contributed by atoms with Crippen LogP contribution in [0.2, 0.25) is 0 Å². The molecule has 112 valence electrons. The maximum absolute atomic E-state index is 12.4. The minimum atomic E-state index is -0.150. The van der Waals surface area contributed by atoms with Crippen molar-refractivity contribution in [3.8, 4) is 0 Å². The van der Waals surface area contributed by atoms with E-state index in [1.54, 1.807) is 0 Å². The minimum Gasteiger partial charge on any atom is -0.370 e. The number of fused-ring (bicyclic) bond motifs is 1. The first-order chi connectivity index (χ1) is 10.3. The number of nitrogens with one attached hydrogen (secondary N) is 2. The fraction of sp³-hybridized carbons (Fsp3) is 0.500. The second kappa shape index (κ2) is 6.26. The number of piperidine rings is 1. The Morgan fingerprint density at radius 3 is 2.86 bits per heavy atom. The van der Waals surface area contributed by atoms with Gasteiger partial charge in [-0.3, -0.25) is 4.57 Å². The lowest BCUT2D eigenvalue weighted by Gasteiger charge is -2.24. The summed E-state index contributed by atoms with van der Waals surface area (Å²) in [4.78, 5) is 16.6. The van der Waals surface area contributed by atoms with Crippen molar-refractivity contribution >= 4 is 16.7 Å². The van der Waals surface area contributed by atoms with Crippen molar-refractivity contribution in [2.75, 3.05) is 25.0 Å². The summed E-state index contributed by atoms with van der Waals surface area (Å²) in [6, 6.07) is 8.01. The number of anilines is 1. The van der Waals surface area contributed by atoms with Crippen molar-refractivity contribution in [1.29, 1.82) is 0 Å². The Morgan fingerprint density at radius 2 is 2.10 bits per heavy atom. The van der Waals surface area contributed by atoms with E-state index in [1.165, 1.54) is 0 Å². The normalized spacial score (nSPS) is 16.2. The van der Waals surface area contributed by atoms with Crippen molar-refractivity contribution in [2.24, 2.45) is 5.92 Å². The van der Waals surface area contributed by atoms with Gasteiger partial charge in [-0.15, -0.1) is 0 Å². The molecule has 2 N–H and O–H groups in total. The molecule has 0 radical (unpaired) electrons. The molecule has 2 aromatic rings. The van der Waals surface area contributed by atoms with E-state index >= 15 is 0 Å². The molecule has 1 aromatic heterocycles. The van der Waals surface area contributed by atoms with Gasteiger partial charge in [-0.1, -0.05) is 12.1 Å². The summed E-state index contributed by atoms with van der Waals surface area (Å²) in [5, 5.41) is 7.57. The zero-order valence-electron chi connectivity index (χ0n) is 12.4. The van der Waals surface area contributed by atoms with Gasteiger partial charge in [0.15, 0.2) is 0 Å². The Bertz CT molecular complexity index is 674. The Hall–Kier alpha value is -1.88. The van der Waals surface area contributed by atoms with Crippen molar-refractivity contribution in [1.82, 2.24) is 14.9 Å². The van der Waals surface area contributed by atoms with Crippen LogP contribution in [-0.4, -0.2) is 29.2 Å². The van der Waals surface area contributed by atoms with E-state index in [2.05, 4.69) is 15.6 Å². The van der Waals surface area contributed by atoms with Crippen LogP contribution in [0.4, 0.5) is 5.82 Å². The molecular weight excluding hydrogens is 264 g/mol. The third kappa shape index (κ3) is 2.93. The Balaban J connectivity index is 2.03. The first-order valence-corrected chi connectivity index (χ1v) is 7.73. The molecule has 5 nitrogen and oxygen atoms in total. The van der Waals surface area contributed by atoms with E-state index in [0.29, 0.717) is 11.7 Å². The van der Waals surface area contributed by atoms with E-state index in [4.69, 9.17) is 0 Å². The van der Waals surface area contributed by atoms with Gasteiger partial charge in [0.25, 0.3) is 0 Å². The summed E-state index contributed by atoms with van der Waals surface area (Å²) in [5.41, 5.74) is 0.829. The van der Waals surface area contributed by atoms with Gasteiger partial charge in [0.05, 0.1) is 5.52 Å².